The van der Waals surface area contributed by atoms with Gasteiger partial charge in [-0.2, -0.15) is 5.10 Å². The van der Waals surface area contributed by atoms with E-state index in [9.17, 15) is 0 Å². The minimum Gasteiger partial charge on any atom is -0.268 e. The Morgan fingerprint density at radius 3 is 2.55 bits per heavy atom. The van der Waals surface area contributed by atoms with E-state index >= 15 is 0 Å². The molecular weight excluding hydrogens is 290 g/mol. The zero-order valence-electron chi connectivity index (χ0n) is 10.8. The Labute approximate surface area is 126 Å². The van der Waals surface area contributed by atoms with Crippen LogP contribution < -0.4 is 0 Å². The highest BCUT2D eigenvalue weighted by atomic mass is 35.5. The second kappa shape index (κ2) is 5.23. The van der Waals surface area contributed by atoms with Crippen molar-refractivity contribution >= 4 is 23.8 Å². The van der Waals surface area contributed by atoms with E-state index in [0.29, 0.717) is 9.79 Å². The van der Waals surface area contributed by atoms with Crippen LogP contribution in [0, 0.1) is 11.7 Å². The van der Waals surface area contributed by atoms with E-state index in [1.54, 1.807) is 0 Å². The summed E-state index contributed by atoms with van der Waals surface area (Å²) in [7, 11) is 0. The van der Waals surface area contributed by atoms with Gasteiger partial charge >= 0.3 is 0 Å². The lowest BCUT2D eigenvalue weighted by Crippen LogP contribution is -2.00. The van der Waals surface area contributed by atoms with E-state index in [1.807, 2.05) is 60.0 Å². The van der Waals surface area contributed by atoms with Gasteiger partial charge in [-0.3, -0.25) is 9.67 Å². The summed E-state index contributed by atoms with van der Waals surface area (Å²) in [6, 6.07) is 15.6. The van der Waals surface area contributed by atoms with Gasteiger partial charge in [-0.05, 0) is 42.9 Å². The normalized spacial score (nSPS) is 10.7. The van der Waals surface area contributed by atoms with Crippen molar-refractivity contribution in [3.63, 3.8) is 0 Å². The van der Waals surface area contributed by atoms with E-state index in [0.717, 1.165) is 22.6 Å². The van der Waals surface area contributed by atoms with E-state index in [2.05, 4.69) is 10.2 Å². The second-order valence-electron chi connectivity index (χ2n) is 4.45. The molecule has 3 aromatic rings. The third-order valence-electron chi connectivity index (χ3n) is 3.14. The maximum absolute atomic E-state index is 6.27. The molecule has 0 aliphatic carbocycles. The maximum atomic E-state index is 6.27. The second-order valence-corrected chi connectivity index (χ2v) is 5.25. The molecule has 0 saturated heterocycles. The summed E-state index contributed by atoms with van der Waals surface area (Å²) in [4.78, 5) is 0. The Balaban J connectivity index is 2.29. The van der Waals surface area contributed by atoms with Gasteiger partial charge in [0.1, 0.15) is 0 Å². The summed E-state index contributed by atoms with van der Waals surface area (Å²) in [5.74, 6) is 0.718. The van der Waals surface area contributed by atoms with E-state index in [4.69, 9.17) is 23.8 Å². The molecule has 0 unspecified atom stereocenters. The van der Waals surface area contributed by atoms with Crippen LogP contribution in [0.2, 0.25) is 5.02 Å². The first-order valence-corrected chi connectivity index (χ1v) is 6.95. The lowest BCUT2D eigenvalue weighted by molar-refractivity contribution is 1.02. The Morgan fingerprint density at radius 1 is 1.10 bits per heavy atom. The zero-order valence-corrected chi connectivity index (χ0v) is 12.4. The fourth-order valence-corrected chi connectivity index (χ4v) is 2.61. The molecule has 0 aliphatic heterocycles. The lowest BCUT2D eigenvalue weighted by Gasteiger charge is -2.10. The molecule has 2 aromatic carbocycles. The van der Waals surface area contributed by atoms with Gasteiger partial charge in [0.25, 0.3) is 0 Å². The van der Waals surface area contributed by atoms with Crippen LogP contribution in [0.4, 0.5) is 0 Å². The summed E-state index contributed by atoms with van der Waals surface area (Å²) in [5, 5.41) is 7.82. The van der Waals surface area contributed by atoms with Crippen LogP contribution in [0.1, 0.15) is 5.56 Å². The fourth-order valence-electron chi connectivity index (χ4n) is 2.16. The predicted octanol–water partition coefficient (Wildman–Crippen LogP) is 4.56. The largest absolute Gasteiger partial charge is 0.268 e. The molecule has 1 aromatic heterocycles. The van der Waals surface area contributed by atoms with Crippen LogP contribution in [0.3, 0.4) is 0 Å². The number of hydrogen-bond acceptors (Lipinski definition) is 2. The number of nitrogens with zero attached hydrogens (tertiary/aromatic N) is 2. The van der Waals surface area contributed by atoms with Gasteiger partial charge in [-0.15, -0.1) is 0 Å². The number of aromatic amines is 1. The molecular formula is C15H12ClN3S. The standard InChI is InChI=1S/C15H12ClN3S/c1-10-6-2-5-9-13(10)19-14(17-18-15(19)20)11-7-3-4-8-12(11)16/h2-9H,1H3,(H,18,20). The van der Waals surface area contributed by atoms with Gasteiger partial charge in [0.15, 0.2) is 10.6 Å². The quantitative estimate of drug-likeness (QED) is 0.704. The first-order chi connectivity index (χ1) is 9.68. The van der Waals surface area contributed by atoms with Crippen LogP contribution in [0.25, 0.3) is 17.1 Å². The molecule has 0 spiro atoms. The monoisotopic (exact) mass is 301 g/mol. The molecule has 20 heavy (non-hydrogen) atoms. The number of aromatic nitrogens is 3. The highest BCUT2D eigenvalue weighted by molar-refractivity contribution is 7.71. The van der Waals surface area contributed by atoms with Crippen molar-refractivity contribution in [2.75, 3.05) is 0 Å². The molecule has 1 heterocycles. The minimum absolute atomic E-state index is 0.550. The van der Waals surface area contributed by atoms with E-state index in [1.165, 1.54) is 0 Å². The molecule has 100 valence electrons. The highest BCUT2D eigenvalue weighted by Crippen LogP contribution is 2.28. The van der Waals surface area contributed by atoms with Gasteiger partial charge in [0.2, 0.25) is 0 Å². The molecule has 0 bridgehead atoms. The summed E-state index contributed by atoms with van der Waals surface area (Å²) >= 11 is 11.6. The average molecular weight is 302 g/mol. The van der Waals surface area contributed by atoms with Gasteiger partial charge in [0.05, 0.1) is 10.7 Å². The van der Waals surface area contributed by atoms with Crippen LogP contribution in [0.15, 0.2) is 48.5 Å². The van der Waals surface area contributed by atoms with Crippen LogP contribution in [-0.2, 0) is 0 Å². The van der Waals surface area contributed by atoms with Crippen molar-refractivity contribution in [3.05, 3.63) is 63.9 Å². The molecule has 3 nitrogen and oxygen atoms in total. The van der Waals surface area contributed by atoms with E-state index in [-0.39, 0.29) is 0 Å². The summed E-state index contributed by atoms with van der Waals surface area (Å²) in [6.07, 6.45) is 0. The van der Waals surface area contributed by atoms with Gasteiger partial charge in [-0.25, -0.2) is 0 Å². The maximum Gasteiger partial charge on any atom is 0.200 e. The number of para-hydroxylation sites is 1. The molecule has 0 radical (unpaired) electrons. The van der Waals surface area contributed by atoms with Crippen molar-refractivity contribution in [2.24, 2.45) is 0 Å². The first kappa shape index (κ1) is 13.1. The zero-order chi connectivity index (χ0) is 14.1. The number of aryl methyl sites for hydroxylation is 1. The SMILES string of the molecule is Cc1ccccc1-n1c(-c2ccccc2Cl)n[nH]c1=S. The minimum atomic E-state index is 0.550. The van der Waals surface area contributed by atoms with Crippen molar-refractivity contribution < 1.29 is 0 Å². The van der Waals surface area contributed by atoms with Gasteiger partial charge in [-0.1, -0.05) is 41.9 Å². The highest BCUT2D eigenvalue weighted by Gasteiger charge is 2.14. The molecule has 0 aliphatic rings. The Morgan fingerprint density at radius 2 is 1.80 bits per heavy atom. The Kier molecular flexibility index (Phi) is 3.42. The van der Waals surface area contributed by atoms with Crippen LogP contribution in [-0.4, -0.2) is 14.8 Å². The van der Waals surface area contributed by atoms with Crippen molar-refractivity contribution in [3.8, 4) is 17.1 Å². The molecule has 0 amide bonds. The van der Waals surface area contributed by atoms with Crippen LogP contribution >= 0.6 is 23.8 Å². The number of benzene rings is 2. The first-order valence-electron chi connectivity index (χ1n) is 6.17. The molecule has 5 heteroatoms. The van der Waals surface area contributed by atoms with Crippen molar-refractivity contribution in [1.82, 2.24) is 14.8 Å². The predicted molar refractivity (Wildman–Crippen MR) is 83.9 cm³/mol. The van der Waals surface area contributed by atoms with E-state index < -0.39 is 0 Å². The summed E-state index contributed by atoms with van der Waals surface area (Å²) in [5.41, 5.74) is 2.98. The summed E-state index contributed by atoms with van der Waals surface area (Å²) < 4.78 is 2.46. The smallest absolute Gasteiger partial charge is 0.200 e. The third-order valence-corrected chi connectivity index (χ3v) is 3.75. The number of rotatable bonds is 2. The average Bonchev–Trinajstić information content (AvgIpc) is 2.82. The molecule has 0 fully saturated rings. The van der Waals surface area contributed by atoms with Gasteiger partial charge < -0.3 is 0 Å². The molecule has 1 N–H and O–H groups in total. The molecule has 0 saturated carbocycles. The van der Waals surface area contributed by atoms with Crippen molar-refractivity contribution in [1.29, 1.82) is 0 Å². The van der Waals surface area contributed by atoms with Crippen molar-refractivity contribution in [2.45, 2.75) is 6.92 Å². The number of H-pyrrole nitrogens is 1. The molecule has 0 atom stereocenters. The lowest BCUT2D eigenvalue weighted by atomic mass is 10.1. The number of halogens is 1. The van der Waals surface area contributed by atoms with Gasteiger partial charge in [0, 0.05) is 5.56 Å². The summed E-state index contributed by atoms with van der Waals surface area (Å²) in [6.45, 7) is 2.04. The number of hydrogen-bond donors (Lipinski definition) is 1. The third kappa shape index (κ3) is 2.17. The fraction of sp³-hybridized carbons (Fsp3) is 0.0667. The Bertz CT molecular complexity index is 820. The Hall–Kier alpha value is -1.91. The topological polar surface area (TPSA) is 33.6 Å². The number of nitrogens with one attached hydrogen (secondary N) is 1. The molecule has 3 rings (SSSR count). The van der Waals surface area contributed by atoms with Crippen LogP contribution in [0.5, 0.6) is 0 Å².